The molecular weight excluding hydrogens is 476 g/mol. The van der Waals surface area contributed by atoms with Crippen molar-refractivity contribution in [2.24, 2.45) is 0 Å². The Balaban J connectivity index is 1.60. The van der Waals surface area contributed by atoms with E-state index in [-0.39, 0.29) is 12.5 Å². The monoisotopic (exact) mass is 502 g/mol. The van der Waals surface area contributed by atoms with Gasteiger partial charge in [0.05, 0.1) is 18.5 Å². The van der Waals surface area contributed by atoms with E-state index in [1.165, 1.54) is 10.6 Å². The number of carbonyl (C=O) groups is 1. The van der Waals surface area contributed by atoms with E-state index in [1.54, 1.807) is 36.0 Å². The molecule has 0 saturated carbocycles. The van der Waals surface area contributed by atoms with Gasteiger partial charge in [-0.1, -0.05) is 35.9 Å². The Bertz CT molecular complexity index is 1210. The molecule has 5 nitrogen and oxygen atoms in total. The molecule has 1 N–H and O–H groups in total. The van der Waals surface area contributed by atoms with Crippen molar-refractivity contribution >= 4 is 45.0 Å². The molecule has 0 saturated heterocycles. The number of carbonyl (C=O) groups excluding carboxylic acids is 1. The lowest BCUT2D eigenvalue weighted by Gasteiger charge is -2.25. The molecule has 3 aromatic rings. The fourth-order valence-corrected chi connectivity index (χ4v) is 5.09. The molecule has 0 aliphatic carbocycles. The number of nitrogens with zero attached hydrogens (tertiary/aromatic N) is 1. The lowest BCUT2D eigenvalue weighted by Crippen LogP contribution is -2.30. The Morgan fingerprint density at radius 2 is 1.67 bits per heavy atom. The van der Waals surface area contributed by atoms with Gasteiger partial charge >= 0.3 is 0 Å². The van der Waals surface area contributed by atoms with Crippen molar-refractivity contribution in [1.82, 2.24) is 5.32 Å². The summed E-state index contributed by atoms with van der Waals surface area (Å²) in [5.41, 5.74) is 3.88. The predicted octanol–water partition coefficient (Wildman–Crippen LogP) is 5.45. The third kappa shape index (κ3) is 7.25. The highest BCUT2D eigenvalue weighted by atomic mass is 35.5. The van der Waals surface area contributed by atoms with Crippen molar-refractivity contribution in [1.29, 1.82) is 0 Å². The van der Waals surface area contributed by atoms with Crippen LogP contribution in [0, 0.1) is 13.8 Å². The number of amides is 1. The average molecular weight is 503 g/mol. The van der Waals surface area contributed by atoms with Crippen LogP contribution in [0.5, 0.6) is 0 Å². The number of thioether (sulfide) groups is 1. The minimum absolute atomic E-state index is 0.159. The van der Waals surface area contributed by atoms with Crippen molar-refractivity contribution in [2.45, 2.75) is 25.3 Å². The Morgan fingerprint density at radius 3 is 2.30 bits per heavy atom. The number of hydrogen-bond donors (Lipinski definition) is 1. The van der Waals surface area contributed by atoms with E-state index in [2.05, 4.69) is 5.32 Å². The fraction of sp³-hybridized carbons (Fsp3) is 0.240. The van der Waals surface area contributed by atoms with Crippen LogP contribution in [-0.4, -0.2) is 32.9 Å². The van der Waals surface area contributed by atoms with Gasteiger partial charge in [-0.05, 0) is 73.0 Å². The molecule has 0 spiro atoms. The number of anilines is 1. The highest BCUT2D eigenvalue weighted by molar-refractivity contribution is 7.99. The Labute approximate surface area is 205 Å². The molecule has 0 aromatic heterocycles. The Hall–Kier alpha value is -2.48. The zero-order valence-corrected chi connectivity index (χ0v) is 21.2. The molecule has 0 aliphatic rings. The number of halogens is 1. The highest BCUT2D eigenvalue weighted by Crippen LogP contribution is 2.26. The summed E-state index contributed by atoms with van der Waals surface area (Å²) >= 11 is 7.53. The molecule has 33 heavy (non-hydrogen) atoms. The van der Waals surface area contributed by atoms with E-state index in [4.69, 9.17) is 11.6 Å². The van der Waals surface area contributed by atoms with Crippen LogP contribution in [0.3, 0.4) is 0 Å². The fourth-order valence-electron chi connectivity index (χ4n) is 3.26. The molecule has 1 amide bonds. The summed E-state index contributed by atoms with van der Waals surface area (Å²) < 4.78 is 26.4. The second-order valence-corrected chi connectivity index (χ2v) is 11.3. The lowest BCUT2D eigenvalue weighted by molar-refractivity contribution is 0.0956. The van der Waals surface area contributed by atoms with Gasteiger partial charge in [-0.15, -0.1) is 11.8 Å². The molecule has 0 unspecified atom stereocenters. The standard InChI is InChI=1S/C25H27ClN2O3S2/c1-18-4-5-19(2)24(16-18)28(33(3,30)31)17-20-6-8-21(9-7-20)25(29)27-14-15-32-23-12-10-22(26)11-13-23/h4-13,16H,14-15,17H2,1-3H3,(H,27,29). The van der Waals surface area contributed by atoms with Gasteiger partial charge in [-0.2, -0.15) is 0 Å². The molecule has 0 aliphatic heterocycles. The van der Waals surface area contributed by atoms with E-state index >= 15 is 0 Å². The summed E-state index contributed by atoms with van der Waals surface area (Å²) in [7, 11) is -3.48. The van der Waals surface area contributed by atoms with Crippen LogP contribution in [0.1, 0.15) is 27.0 Å². The Morgan fingerprint density at radius 1 is 1.00 bits per heavy atom. The predicted molar refractivity (Wildman–Crippen MR) is 138 cm³/mol. The lowest BCUT2D eigenvalue weighted by atomic mass is 10.1. The first-order valence-corrected chi connectivity index (χ1v) is 13.6. The maximum absolute atomic E-state index is 12.5. The van der Waals surface area contributed by atoms with E-state index in [0.29, 0.717) is 22.8 Å². The normalized spacial score (nSPS) is 11.3. The summed E-state index contributed by atoms with van der Waals surface area (Å²) in [6, 6.07) is 20.4. The smallest absolute Gasteiger partial charge is 0.251 e. The third-order valence-electron chi connectivity index (χ3n) is 5.05. The summed E-state index contributed by atoms with van der Waals surface area (Å²) in [6.07, 6.45) is 1.21. The maximum Gasteiger partial charge on any atom is 0.251 e. The average Bonchev–Trinajstić information content (AvgIpc) is 2.77. The van der Waals surface area contributed by atoms with Gasteiger partial charge in [0.1, 0.15) is 0 Å². The molecule has 174 valence electrons. The van der Waals surface area contributed by atoms with E-state index in [0.717, 1.165) is 27.3 Å². The first kappa shape index (κ1) is 25.1. The molecule has 3 rings (SSSR count). The van der Waals surface area contributed by atoms with Crippen molar-refractivity contribution < 1.29 is 13.2 Å². The van der Waals surface area contributed by atoms with Crippen LogP contribution in [0.15, 0.2) is 71.6 Å². The molecule has 0 atom stereocenters. The number of rotatable bonds is 9. The largest absolute Gasteiger partial charge is 0.351 e. The van der Waals surface area contributed by atoms with Gasteiger partial charge in [-0.3, -0.25) is 9.10 Å². The van der Waals surface area contributed by atoms with Crippen LogP contribution >= 0.6 is 23.4 Å². The SMILES string of the molecule is Cc1ccc(C)c(N(Cc2ccc(C(=O)NCCSc3ccc(Cl)cc3)cc2)S(C)(=O)=O)c1. The molecule has 0 bridgehead atoms. The summed E-state index contributed by atoms with van der Waals surface area (Å²) in [6.45, 7) is 4.56. The molecule has 3 aromatic carbocycles. The summed E-state index contributed by atoms with van der Waals surface area (Å²) in [5, 5.41) is 3.61. The van der Waals surface area contributed by atoms with Gasteiger partial charge in [0.2, 0.25) is 10.0 Å². The summed E-state index contributed by atoms with van der Waals surface area (Å²) in [5.74, 6) is 0.581. The second-order valence-electron chi connectivity index (χ2n) is 7.81. The van der Waals surface area contributed by atoms with E-state index in [9.17, 15) is 13.2 Å². The van der Waals surface area contributed by atoms with Gasteiger partial charge in [0.15, 0.2) is 0 Å². The van der Waals surface area contributed by atoms with E-state index in [1.807, 2.05) is 56.3 Å². The number of sulfonamides is 1. The molecule has 8 heteroatoms. The number of aryl methyl sites for hydroxylation is 2. The van der Waals surface area contributed by atoms with Crippen LogP contribution in [-0.2, 0) is 16.6 Å². The topological polar surface area (TPSA) is 66.5 Å². The number of nitrogens with one attached hydrogen (secondary N) is 1. The minimum atomic E-state index is -3.48. The Kier molecular flexibility index (Phi) is 8.46. The maximum atomic E-state index is 12.5. The number of hydrogen-bond acceptors (Lipinski definition) is 4. The van der Waals surface area contributed by atoms with Crippen LogP contribution in [0.4, 0.5) is 5.69 Å². The zero-order chi connectivity index (χ0) is 24.0. The van der Waals surface area contributed by atoms with Crippen molar-refractivity contribution in [3.05, 3.63) is 94.0 Å². The van der Waals surface area contributed by atoms with Gasteiger partial charge in [0, 0.05) is 27.8 Å². The van der Waals surface area contributed by atoms with Gasteiger partial charge < -0.3 is 5.32 Å². The van der Waals surface area contributed by atoms with Crippen molar-refractivity contribution in [3.63, 3.8) is 0 Å². The molecular formula is C25H27ClN2O3S2. The third-order valence-corrected chi connectivity index (χ3v) is 7.44. The number of benzene rings is 3. The van der Waals surface area contributed by atoms with Gasteiger partial charge in [-0.25, -0.2) is 8.42 Å². The van der Waals surface area contributed by atoms with Crippen molar-refractivity contribution in [3.8, 4) is 0 Å². The molecule has 0 radical (unpaired) electrons. The van der Waals surface area contributed by atoms with Crippen LogP contribution in [0.25, 0.3) is 0 Å². The first-order valence-electron chi connectivity index (χ1n) is 10.4. The van der Waals surface area contributed by atoms with Crippen LogP contribution < -0.4 is 9.62 Å². The quantitative estimate of drug-likeness (QED) is 0.312. The zero-order valence-electron chi connectivity index (χ0n) is 18.8. The summed E-state index contributed by atoms with van der Waals surface area (Å²) in [4.78, 5) is 13.5. The van der Waals surface area contributed by atoms with Crippen LogP contribution in [0.2, 0.25) is 5.02 Å². The molecule has 0 heterocycles. The van der Waals surface area contributed by atoms with E-state index < -0.39 is 10.0 Å². The second kappa shape index (κ2) is 11.1. The van der Waals surface area contributed by atoms with Gasteiger partial charge in [0.25, 0.3) is 5.91 Å². The first-order chi connectivity index (χ1) is 15.6. The van der Waals surface area contributed by atoms with Crippen molar-refractivity contribution in [2.75, 3.05) is 22.9 Å². The highest BCUT2D eigenvalue weighted by Gasteiger charge is 2.20. The minimum Gasteiger partial charge on any atom is -0.351 e. The molecule has 0 fully saturated rings.